The number of fused-ring (bicyclic) bond motifs is 2. The summed E-state index contributed by atoms with van der Waals surface area (Å²) in [7, 11) is 0. The number of halogens is 3. The summed E-state index contributed by atoms with van der Waals surface area (Å²) in [5.74, 6) is -1.86. The molecule has 5 unspecified atom stereocenters. The summed E-state index contributed by atoms with van der Waals surface area (Å²) in [5.41, 5.74) is -0.385. The third-order valence-electron chi connectivity index (χ3n) is 5.75. The van der Waals surface area contributed by atoms with E-state index in [1.807, 2.05) is 20.8 Å². The van der Waals surface area contributed by atoms with Crippen LogP contribution < -0.4 is 0 Å². The molecule has 2 aliphatic rings. The molecule has 0 amide bonds. The maximum atomic E-state index is 13.0. The third kappa shape index (κ3) is 3.24. The zero-order chi connectivity index (χ0) is 16.1. The third-order valence-corrected chi connectivity index (χ3v) is 5.75. The van der Waals surface area contributed by atoms with Crippen LogP contribution >= 0.6 is 0 Å². The van der Waals surface area contributed by atoms with Crippen LogP contribution in [0.4, 0.5) is 13.2 Å². The van der Waals surface area contributed by atoms with Gasteiger partial charge in [-0.15, -0.1) is 0 Å². The SMILES string of the molecule is CCC(C)(C)C(OC(C)(O)C(F)(F)F)C1CC2CCC1C2. The van der Waals surface area contributed by atoms with Crippen molar-refractivity contribution in [1.82, 2.24) is 0 Å². The topological polar surface area (TPSA) is 29.5 Å². The van der Waals surface area contributed by atoms with Crippen molar-refractivity contribution < 1.29 is 23.0 Å². The molecule has 0 aromatic heterocycles. The Hall–Kier alpha value is -0.290. The summed E-state index contributed by atoms with van der Waals surface area (Å²) < 4.78 is 44.3. The molecular formula is C16H27F3O2. The van der Waals surface area contributed by atoms with Crippen molar-refractivity contribution >= 4 is 0 Å². The van der Waals surface area contributed by atoms with Crippen LogP contribution in [0.1, 0.15) is 59.8 Å². The lowest BCUT2D eigenvalue weighted by Crippen LogP contribution is -2.52. The molecule has 2 aliphatic carbocycles. The summed E-state index contributed by atoms with van der Waals surface area (Å²) >= 11 is 0. The van der Waals surface area contributed by atoms with E-state index in [2.05, 4.69) is 0 Å². The molecule has 2 bridgehead atoms. The molecule has 21 heavy (non-hydrogen) atoms. The van der Waals surface area contributed by atoms with Gasteiger partial charge in [-0.1, -0.05) is 27.2 Å². The van der Waals surface area contributed by atoms with E-state index in [1.54, 1.807) is 0 Å². The van der Waals surface area contributed by atoms with Gasteiger partial charge >= 0.3 is 6.18 Å². The Kier molecular flexibility index (Phi) is 4.40. The molecular weight excluding hydrogens is 281 g/mol. The predicted octanol–water partition coefficient (Wildman–Crippen LogP) is 4.51. The molecule has 0 aromatic carbocycles. The highest BCUT2D eigenvalue weighted by atomic mass is 19.4. The lowest BCUT2D eigenvalue weighted by atomic mass is 9.72. The van der Waals surface area contributed by atoms with Gasteiger partial charge in [-0.05, 0) is 55.8 Å². The van der Waals surface area contributed by atoms with Crippen molar-refractivity contribution in [3.8, 4) is 0 Å². The number of rotatable bonds is 5. The van der Waals surface area contributed by atoms with Crippen LogP contribution in [0.2, 0.25) is 0 Å². The Morgan fingerprint density at radius 2 is 1.76 bits per heavy atom. The molecule has 0 aromatic rings. The molecule has 0 radical (unpaired) electrons. The first-order valence-corrected chi connectivity index (χ1v) is 7.95. The molecule has 0 heterocycles. The fourth-order valence-electron chi connectivity index (χ4n) is 4.01. The van der Waals surface area contributed by atoms with Crippen LogP contribution in [0.15, 0.2) is 0 Å². The van der Waals surface area contributed by atoms with Gasteiger partial charge in [0, 0.05) is 0 Å². The number of hydrogen-bond acceptors (Lipinski definition) is 2. The zero-order valence-corrected chi connectivity index (χ0v) is 13.3. The molecule has 0 aliphatic heterocycles. The van der Waals surface area contributed by atoms with Gasteiger partial charge in [-0.3, -0.25) is 0 Å². The summed E-state index contributed by atoms with van der Waals surface area (Å²) in [6.45, 7) is 6.57. The number of ether oxygens (including phenoxy) is 1. The van der Waals surface area contributed by atoms with Gasteiger partial charge in [0.05, 0.1) is 6.10 Å². The Bertz CT molecular complexity index is 376. The van der Waals surface area contributed by atoms with Crippen LogP contribution in [0, 0.1) is 23.2 Å². The predicted molar refractivity (Wildman–Crippen MR) is 74.6 cm³/mol. The van der Waals surface area contributed by atoms with Gasteiger partial charge < -0.3 is 9.84 Å². The second-order valence-electron chi connectivity index (χ2n) is 7.70. The fraction of sp³-hybridized carbons (Fsp3) is 1.00. The highest BCUT2D eigenvalue weighted by Crippen LogP contribution is 2.54. The first kappa shape index (κ1) is 17.1. The maximum absolute atomic E-state index is 13.0. The minimum absolute atomic E-state index is 0.132. The molecule has 5 atom stereocenters. The Morgan fingerprint density at radius 3 is 2.14 bits per heavy atom. The minimum atomic E-state index is -4.77. The molecule has 124 valence electrons. The Morgan fingerprint density at radius 1 is 1.14 bits per heavy atom. The monoisotopic (exact) mass is 308 g/mol. The highest BCUT2D eigenvalue weighted by molar-refractivity contribution is 4.98. The number of alkyl halides is 3. The van der Waals surface area contributed by atoms with Gasteiger partial charge in [0.2, 0.25) is 0 Å². The van der Waals surface area contributed by atoms with E-state index in [0.717, 1.165) is 32.6 Å². The summed E-state index contributed by atoms with van der Waals surface area (Å²) in [5, 5.41) is 9.76. The Labute approximate surface area is 125 Å². The normalized spacial score (nSPS) is 34.0. The first-order chi connectivity index (χ1) is 9.48. The molecule has 5 heteroatoms. The molecule has 2 nitrogen and oxygen atoms in total. The second kappa shape index (κ2) is 5.41. The van der Waals surface area contributed by atoms with E-state index in [9.17, 15) is 18.3 Å². The lowest BCUT2D eigenvalue weighted by Gasteiger charge is -2.44. The summed E-state index contributed by atoms with van der Waals surface area (Å²) in [6, 6.07) is 0. The minimum Gasteiger partial charge on any atom is -0.359 e. The van der Waals surface area contributed by atoms with Gasteiger partial charge in [-0.25, -0.2) is 0 Å². The lowest BCUT2D eigenvalue weighted by molar-refractivity contribution is -0.381. The highest BCUT2D eigenvalue weighted by Gasteiger charge is 2.56. The van der Waals surface area contributed by atoms with Crippen LogP contribution in [0.25, 0.3) is 0 Å². The molecule has 2 rings (SSSR count). The quantitative estimate of drug-likeness (QED) is 0.757. The number of hydrogen-bond donors (Lipinski definition) is 1. The van der Waals surface area contributed by atoms with Gasteiger partial charge in [0.1, 0.15) is 0 Å². The molecule has 2 fully saturated rings. The van der Waals surface area contributed by atoms with Gasteiger partial charge in [0.25, 0.3) is 5.79 Å². The first-order valence-electron chi connectivity index (χ1n) is 7.95. The van der Waals surface area contributed by atoms with Crippen molar-refractivity contribution in [1.29, 1.82) is 0 Å². The molecule has 0 spiro atoms. The summed E-state index contributed by atoms with van der Waals surface area (Å²) in [4.78, 5) is 0. The van der Waals surface area contributed by atoms with Crippen molar-refractivity contribution in [2.45, 2.75) is 77.9 Å². The van der Waals surface area contributed by atoms with Crippen LogP contribution in [-0.4, -0.2) is 23.2 Å². The second-order valence-corrected chi connectivity index (χ2v) is 7.70. The smallest absolute Gasteiger partial charge is 0.359 e. The number of aliphatic hydroxyl groups is 1. The average molecular weight is 308 g/mol. The standard InChI is InChI=1S/C16H27F3O2/c1-5-14(2,3)13(21-15(4,20)16(17,18)19)12-9-10-6-7-11(12)8-10/h10-13,20H,5-9H2,1-4H3. The summed E-state index contributed by atoms with van der Waals surface area (Å²) in [6.07, 6.45) is -0.286. The van der Waals surface area contributed by atoms with E-state index in [-0.39, 0.29) is 11.3 Å². The largest absolute Gasteiger partial charge is 0.442 e. The van der Waals surface area contributed by atoms with Crippen molar-refractivity contribution in [2.75, 3.05) is 0 Å². The zero-order valence-electron chi connectivity index (χ0n) is 13.3. The van der Waals surface area contributed by atoms with Crippen LogP contribution in [0.5, 0.6) is 0 Å². The van der Waals surface area contributed by atoms with Crippen molar-refractivity contribution in [3.63, 3.8) is 0 Å². The maximum Gasteiger partial charge on any atom is 0.442 e. The van der Waals surface area contributed by atoms with Crippen LogP contribution in [-0.2, 0) is 4.74 Å². The fourth-order valence-corrected chi connectivity index (χ4v) is 4.01. The molecule has 0 saturated heterocycles. The van der Waals surface area contributed by atoms with Crippen molar-refractivity contribution in [3.05, 3.63) is 0 Å². The van der Waals surface area contributed by atoms with E-state index in [0.29, 0.717) is 11.8 Å². The average Bonchev–Trinajstić information content (AvgIpc) is 2.96. The van der Waals surface area contributed by atoms with E-state index < -0.39 is 18.1 Å². The van der Waals surface area contributed by atoms with Crippen molar-refractivity contribution in [2.24, 2.45) is 23.2 Å². The van der Waals surface area contributed by atoms with Gasteiger partial charge in [0.15, 0.2) is 0 Å². The van der Waals surface area contributed by atoms with E-state index >= 15 is 0 Å². The van der Waals surface area contributed by atoms with Gasteiger partial charge in [-0.2, -0.15) is 13.2 Å². The molecule has 1 N–H and O–H groups in total. The Balaban J connectivity index is 2.22. The van der Waals surface area contributed by atoms with E-state index in [4.69, 9.17) is 4.74 Å². The molecule has 2 saturated carbocycles. The van der Waals surface area contributed by atoms with Crippen LogP contribution in [0.3, 0.4) is 0 Å². The van der Waals surface area contributed by atoms with E-state index in [1.165, 1.54) is 6.42 Å².